The molecule has 1 atom stereocenters. The number of benzene rings is 1. The molecule has 100 valence electrons. The highest BCUT2D eigenvalue weighted by atomic mass is 79.9. The van der Waals surface area contributed by atoms with Gasteiger partial charge in [-0.15, -0.1) is 0 Å². The molecule has 0 aliphatic carbocycles. The van der Waals surface area contributed by atoms with E-state index in [-0.39, 0.29) is 0 Å². The molecule has 0 saturated carbocycles. The molecular weight excluding hydrogens is 294 g/mol. The van der Waals surface area contributed by atoms with Gasteiger partial charge in [-0.25, -0.2) is 0 Å². The van der Waals surface area contributed by atoms with Crippen LogP contribution in [0.15, 0.2) is 28.7 Å². The molecule has 1 aromatic rings. The standard InChI is InChI=1S/C14H20BrNO2/c15-12-4-6-14(7-5-12)18-10-9-17-11-13-3-1-2-8-16-13/h4-7,13,16H,1-3,8-11H2. The molecule has 1 heterocycles. The molecule has 3 nitrogen and oxygen atoms in total. The number of hydrogen-bond donors (Lipinski definition) is 1. The highest BCUT2D eigenvalue weighted by molar-refractivity contribution is 9.10. The first-order valence-electron chi connectivity index (χ1n) is 6.54. The van der Waals surface area contributed by atoms with Crippen LogP contribution < -0.4 is 10.1 Å². The molecule has 0 bridgehead atoms. The van der Waals surface area contributed by atoms with E-state index >= 15 is 0 Å². The van der Waals surface area contributed by atoms with Crippen molar-refractivity contribution in [3.05, 3.63) is 28.7 Å². The van der Waals surface area contributed by atoms with E-state index in [0.29, 0.717) is 19.3 Å². The minimum Gasteiger partial charge on any atom is -0.491 e. The monoisotopic (exact) mass is 313 g/mol. The summed E-state index contributed by atoms with van der Waals surface area (Å²) in [6.45, 7) is 3.18. The molecular formula is C14H20BrNO2. The van der Waals surface area contributed by atoms with E-state index in [9.17, 15) is 0 Å². The van der Waals surface area contributed by atoms with Crippen LogP contribution in [0.5, 0.6) is 5.75 Å². The fourth-order valence-corrected chi connectivity index (χ4v) is 2.31. The maximum atomic E-state index is 5.62. The second-order valence-corrected chi connectivity index (χ2v) is 5.44. The minimum atomic E-state index is 0.534. The largest absolute Gasteiger partial charge is 0.491 e. The molecule has 1 aliphatic heterocycles. The quantitative estimate of drug-likeness (QED) is 0.819. The van der Waals surface area contributed by atoms with Crippen molar-refractivity contribution in [2.45, 2.75) is 25.3 Å². The first-order valence-corrected chi connectivity index (χ1v) is 7.33. The van der Waals surface area contributed by atoms with Crippen molar-refractivity contribution in [3.8, 4) is 5.75 Å². The van der Waals surface area contributed by atoms with E-state index < -0.39 is 0 Å². The van der Waals surface area contributed by atoms with Crippen LogP contribution in [0.2, 0.25) is 0 Å². The molecule has 1 fully saturated rings. The molecule has 2 rings (SSSR count). The normalized spacial score (nSPS) is 19.7. The summed E-state index contributed by atoms with van der Waals surface area (Å²) >= 11 is 3.40. The molecule has 1 unspecified atom stereocenters. The van der Waals surface area contributed by atoms with Gasteiger partial charge < -0.3 is 14.8 Å². The van der Waals surface area contributed by atoms with Crippen LogP contribution in [0.3, 0.4) is 0 Å². The van der Waals surface area contributed by atoms with E-state index in [4.69, 9.17) is 9.47 Å². The minimum absolute atomic E-state index is 0.534. The second kappa shape index (κ2) is 7.77. The zero-order chi connectivity index (χ0) is 12.6. The van der Waals surface area contributed by atoms with E-state index in [1.807, 2.05) is 24.3 Å². The van der Waals surface area contributed by atoms with E-state index in [1.165, 1.54) is 19.3 Å². The van der Waals surface area contributed by atoms with Crippen molar-refractivity contribution in [1.82, 2.24) is 5.32 Å². The van der Waals surface area contributed by atoms with Gasteiger partial charge >= 0.3 is 0 Å². The van der Waals surface area contributed by atoms with Gasteiger partial charge in [0.05, 0.1) is 13.2 Å². The molecule has 0 radical (unpaired) electrons. The Balaban J connectivity index is 1.54. The summed E-state index contributed by atoms with van der Waals surface area (Å²) in [7, 11) is 0. The smallest absolute Gasteiger partial charge is 0.119 e. The lowest BCUT2D eigenvalue weighted by molar-refractivity contribution is 0.0777. The summed E-state index contributed by atoms with van der Waals surface area (Å²) in [5, 5.41) is 3.46. The molecule has 0 aromatic heterocycles. The number of hydrogen-bond acceptors (Lipinski definition) is 3. The molecule has 1 N–H and O–H groups in total. The Morgan fingerprint density at radius 2 is 2.00 bits per heavy atom. The van der Waals surface area contributed by atoms with E-state index in [0.717, 1.165) is 23.4 Å². The van der Waals surface area contributed by atoms with Gasteiger partial charge in [0.25, 0.3) is 0 Å². The maximum absolute atomic E-state index is 5.62. The van der Waals surface area contributed by atoms with Gasteiger partial charge in [0, 0.05) is 10.5 Å². The van der Waals surface area contributed by atoms with Crippen LogP contribution in [0.25, 0.3) is 0 Å². The molecule has 0 spiro atoms. The van der Waals surface area contributed by atoms with Crippen molar-refractivity contribution < 1.29 is 9.47 Å². The van der Waals surface area contributed by atoms with Crippen LogP contribution in [0.4, 0.5) is 0 Å². The number of piperidine rings is 1. The van der Waals surface area contributed by atoms with Crippen LogP contribution in [0.1, 0.15) is 19.3 Å². The van der Waals surface area contributed by atoms with Gasteiger partial charge in [0.1, 0.15) is 12.4 Å². The van der Waals surface area contributed by atoms with Crippen molar-refractivity contribution in [1.29, 1.82) is 0 Å². The van der Waals surface area contributed by atoms with Crippen molar-refractivity contribution in [2.75, 3.05) is 26.4 Å². The van der Waals surface area contributed by atoms with Crippen molar-refractivity contribution in [3.63, 3.8) is 0 Å². The highest BCUT2D eigenvalue weighted by Gasteiger charge is 2.11. The number of nitrogens with one attached hydrogen (secondary N) is 1. The van der Waals surface area contributed by atoms with Crippen LogP contribution in [-0.2, 0) is 4.74 Å². The number of ether oxygens (including phenoxy) is 2. The number of rotatable bonds is 6. The van der Waals surface area contributed by atoms with Crippen molar-refractivity contribution in [2.24, 2.45) is 0 Å². The summed E-state index contributed by atoms with van der Waals surface area (Å²) in [6.07, 6.45) is 3.84. The summed E-state index contributed by atoms with van der Waals surface area (Å²) in [5.74, 6) is 0.887. The SMILES string of the molecule is Brc1ccc(OCCOCC2CCCCN2)cc1. The second-order valence-electron chi connectivity index (χ2n) is 4.52. The molecule has 18 heavy (non-hydrogen) atoms. The van der Waals surface area contributed by atoms with Gasteiger partial charge in [0.15, 0.2) is 0 Å². The van der Waals surface area contributed by atoms with E-state index in [1.54, 1.807) is 0 Å². The van der Waals surface area contributed by atoms with Crippen LogP contribution in [0, 0.1) is 0 Å². The molecule has 1 saturated heterocycles. The van der Waals surface area contributed by atoms with Crippen LogP contribution >= 0.6 is 15.9 Å². The third kappa shape index (κ3) is 4.96. The average Bonchev–Trinajstić information content (AvgIpc) is 2.42. The molecule has 1 aliphatic rings. The number of halogens is 1. The first-order chi connectivity index (χ1) is 8.84. The summed E-state index contributed by atoms with van der Waals surface area (Å²) < 4.78 is 12.3. The third-order valence-corrected chi connectivity index (χ3v) is 3.57. The van der Waals surface area contributed by atoms with Gasteiger partial charge in [-0.3, -0.25) is 0 Å². The third-order valence-electron chi connectivity index (χ3n) is 3.04. The Morgan fingerprint density at radius 1 is 1.17 bits per heavy atom. The lowest BCUT2D eigenvalue weighted by atomic mass is 10.1. The average molecular weight is 314 g/mol. The molecule has 1 aromatic carbocycles. The maximum Gasteiger partial charge on any atom is 0.119 e. The lowest BCUT2D eigenvalue weighted by Gasteiger charge is -2.23. The zero-order valence-corrected chi connectivity index (χ0v) is 12.1. The zero-order valence-electron chi connectivity index (χ0n) is 10.5. The predicted molar refractivity (Wildman–Crippen MR) is 76.1 cm³/mol. The van der Waals surface area contributed by atoms with Gasteiger partial charge in [0.2, 0.25) is 0 Å². The first kappa shape index (κ1) is 13.8. The highest BCUT2D eigenvalue weighted by Crippen LogP contribution is 2.15. The lowest BCUT2D eigenvalue weighted by Crippen LogP contribution is -2.37. The Kier molecular flexibility index (Phi) is 5.97. The fraction of sp³-hybridized carbons (Fsp3) is 0.571. The molecule has 0 amide bonds. The Morgan fingerprint density at radius 3 is 2.72 bits per heavy atom. The fourth-order valence-electron chi connectivity index (χ4n) is 2.04. The van der Waals surface area contributed by atoms with Crippen LogP contribution in [-0.4, -0.2) is 32.4 Å². The topological polar surface area (TPSA) is 30.5 Å². The van der Waals surface area contributed by atoms with Gasteiger partial charge in [-0.05, 0) is 43.7 Å². The Bertz CT molecular complexity index is 336. The Hall–Kier alpha value is -0.580. The van der Waals surface area contributed by atoms with Gasteiger partial charge in [-0.1, -0.05) is 22.4 Å². The predicted octanol–water partition coefficient (Wildman–Crippen LogP) is 2.99. The van der Waals surface area contributed by atoms with Gasteiger partial charge in [-0.2, -0.15) is 0 Å². The van der Waals surface area contributed by atoms with E-state index in [2.05, 4.69) is 21.2 Å². The summed E-state index contributed by atoms with van der Waals surface area (Å²) in [6, 6.07) is 8.38. The summed E-state index contributed by atoms with van der Waals surface area (Å²) in [5.41, 5.74) is 0. The summed E-state index contributed by atoms with van der Waals surface area (Å²) in [4.78, 5) is 0. The molecule has 4 heteroatoms. The Labute approximate surface area is 117 Å². The van der Waals surface area contributed by atoms with Crippen molar-refractivity contribution >= 4 is 15.9 Å².